The summed E-state index contributed by atoms with van der Waals surface area (Å²) in [5.74, 6) is 0.892. The van der Waals surface area contributed by atoms with Gasteiger partial charge < -0.3 is 4.74 Å². The third-order valence-electron chi connectivity index (χ3n) is 2.89. The second-order valence-corrected chi connectivity index (χ2v) is 5.31. The van der Waals surface area contributed by atoms with Gasteiger partial charge in [-0.1, -0.05) is 70.5 Å². The Kier molecular flexibility index (Phi) is 5.63. The van der Waals surface area contributed by atoms with Crippen LogP contribution in [0.1, 0.15) is 11.1 Å². The highest BCUT2D eigenvalue weighted by molar-refractivity contribution is 9.12. The number of rotatable bonds is 5. The van der Waals surface area contributed by atoms with E-state index in [1.165, 1.54) is 11.1 Å². The maximum absolute atomic E-state index is 5.14. The van der Waals surface area contributed by atoms with Gasteiger partial charge in [0.1, 0.15) is 5.75 Å². The lowest BCUT2D eigenvalue weighted by molar-refractivity contribution is 0.414. The van der Waals surface area contributed by atoms with Gasteiger partial charge in [-0.05, 0) is 35.8 Å². The summed E-state index contributed by atoms with van der Waals surface area (Å²) in [7, 11) is 1.68. The van der Waals surface area contributed by atoms with Crippen molar-refractivity contribution in [2.75, 3.05) is 7.11 Å². The summed E-state index contributed by atoms with van der Waals surface area (Å²) in [5.41, 5.74) is 2.45. The molecule has 102 valence electrons. The van der Waals surface area contributed by atoms with E-state index >= 15 is 0 Å². The highest BCUT2D eigenvalue weighted by Crippen LogP contribution is 2.15. The zero-order valence-electron chi connectivity index (χ0n) is 11.4. The van der Waals surface area contributed by atoms with E-state index in [-0.39, 0.29) is 0 Å². The molecule has 0 unspecified atom stereocenters. The van der Waals surface area contributed by atoms with E-state index in [0.29, 0.717) is 0 Å². The Morgan fingerprint density at radius 1 is 1.05 bits per heavy atom. The van der Waals surface area contributed by atoms with Gasteiger partial charge in [0.05, 0.1) is 7.11 Å². The molecule has 0 aliphatic carbocycles. The molecule has 0 saturated heterocycles. The van der Waals surface area contributed by atoms with Crippen LogP contribution in [0.15, 0.2) is 71.2 Å². The average Bonchev–Trinajstić information content (AvgIpc) is 2.49. The molecule has 0 fully saturated rings. The van der Waals surface area contributed by atoms with Crippen LogP contribution in [-0.4, -0.2) is 7.11 Å². The predicted octanol–water partition coefficient (Wildman–Crippen LogP) is 5.23. The minimum atomic E-state index is 0.892. The summed E-state index contributed by atoms with van der Waals surface area (Å²) < 4.78 is 6.21. The van der Waals surface area contributed by atoms with Crippen LogP contribution in [0.4, 0.5) is 0 Å². The molecule has 0 heterocycles. The second kappa shape index (κ2) is 7.71. The van der Waals surface area contributed by atoms with E-state index in [0.717, 1.165) is 16.7 Å². The van der Waals surface area contributed by atoms with Gasteiger partial charge in [-0.2, -0.15) is 0 Å². The van der Waals surface area contributed by atoms with Crippen molar-refractivity contribution in [2.24, 2.45) is 0 Å². The molecule has 0 spiro atoms. The molecular weight excluding hydrogens is 312 g/mol. The molecule has 0 atom stereocenters. The van der Waals surface area contributed by atoms with Crippen molar-refractivity contribution in [1.29, 1.82) is 0 Å². The Morgan fingerprint density at radius 3 is 2.40 bits per heavy atom. The van der Waals surface area contributed by atoms with Gasteiger partial charge in [0.25, 0.3) is 0 Å². The number of benzene rings is 2. The third kappa shape index (κ3) is 4.71. The molecule has 2 rings (SSSR count). The first-order valence-electron chi connectivity index (χ1n) is 6.49. The highest BCUT2D eigenvalue weighted by atomic mass is 79.9. The zero-order valence-corrected chi connectivity index (χ0v) is 13.0. The maximum Gasteiger partial charge on any atom is 0.118 e. The number of ether oxygens (including phenoxy) is 1. The van der Waals surface area contributed by atoms with E-state index in [1.807, 2.05) is 30.3 Å². The molecule has 1 nitrogen and oxygen atoms in total. The Hall–Kier alpha value is -1.80. The quantitative estimate of drug-likeness (QED) is 0.683. The molecule has 2 aromatic carbocycles. The average molecular weight is 329 g/mol. The van der Waals surface area contributed by atoms with Gasteiger partial charge in [-0.15, -0.1) is 0 Å². The van der Waals surface area contributed by atoms with Crippen molar-refractivity contribution >= 4 is 22.0 Å². The SMILES string of the molecule is COc1ccc(C/C=C/C(Br)=C\c2ccccc2)cc1. The van der Waals surface area contributed by atoms with Crippen molar-refractivity contribution in [3.63, 3.8) is 0 Å². The van der Waals surface area contributed by atoms with Gasteiger partial charge in [0, 0.05) is 4.48 Å². The summed E-state index contributed by atoms with van der Waals surface area (Å²) in [6.45, 7) is 0. The lowest BCUT2D eigenvalue weighted by atomic mass is 10.1. The number of allylic oxidation sites excluding steroid dienone is 3. The Morgan fingerprint density at radius 2 is 1.75 bits per heavy atom. The first-order chi connectivity index (χ1) is 9.78. The third-order valence-corrected chi connectivity index (χ3v) is 3.39. The summed E-state index contributed by atoms with van der Waals surface area (Å²) in [6, 6.07) is 18.4. The van der Waals surface area contributed by atoms with Crippen LogP contribution in [0.2, 0.25) is 0 Å². The molecule has 20 heavy (non-hydrogen) atoms. The topological polar surface area (TPSA) is 9.23 Å². The van der Waals surface area contributed by atoms with E-state index in [1.54, 1.807) is 7.11 Å². The fraction of sp³-hybridized carbons (Fsp3) is 0.111. The summed E-state index contributed by atoms with van der Waals surface area (Å²) in [4.78, 5) is 0. The van der Waals surface area contributed by atoms with E-state index in [9.17, 15) is 0 Å². The van der Waals surface area contributed by atoms with Gasteiger partial charge in [-0.3, -0.25) is 0 Å². The van der Waals surface area contributed by atoms with Crippen LogP contribution in [0, 0.1) is 0 Å². The molecule has 0 aliphatic rings. The van der Waals surface area contributed by atoms with Crippen molar-refractivity contribution in [3.8, 4) is 5.75 Å². The molecule has 0 bridgehead atoms. The number of hydrogen-bond donors (Lipinski definition) is 0. The van der Waals surface area contributed by atoms with Crippen molar-refractivity contribution in [1.82, 2.24) is 0 Å². The Labute approximate surface area is 128 Å². The van der Waals surface area contributed by atoms with Crippen LogP contribution in [0.3, 0.4) is 0 Å². The largest absolute Gasteiger partial charge is 0.497 e. The monoisotopic (exact) mass is 328 g/mol. The first kappa shape index (κ1) is 14.6. The van der Waals surface area contributed by atoms with Crippen LogP contribution >= 0.6 is 15.9 Å². The molecule has 0 N–H and O–H groups in total. The maximum atomic E-state index is 5.14. The molecule has 2 aromatic rings. The molecule has 2 heteroatoms. The first-order valence-corrected chi connectivity index (χ1v) is 7.29. The van der Waals surface area contributed by atoms with Crippen molar-refractivity contribution in [2.45, 2.75) is 6.42 Å². The predicted molar refractivity (Wildman–Crippen MR) is 89.2 cm³/mol. The summed E-state index contributed by atoms with van der Waals surface area (Å²) in [5, 5.41) is 0. The van der Waals surface area contributed by atoms with Gasteiger partial charge in [0.15, 0.2) is 0 Å². The number of halogens is 1. The Bertz CT molecular complexity index is 583. The fourth-order valence-corrected chi connectivity index (χ4v) is 2.28. The molecule has 0 radical (unpaired) electrons. The molecule has 0 amide bonds. The van der Waals surface area contributed by atoms with Gasteiger partial charge in [-0.25, -0.2) is 0 Å². The highest BCUT2D eigenvalue weighted by Gasteiger charge is 1.92. The lowest BCUT2D eigenvalue weighted by Crippen LogP contribution is -1.84. The summed E-state index contributed by atoms with van der Waals surface area (Å²) in [6.07, 6.45) is 7.23. The zero-order chi connectivity index (χ0) is 14.2. The van der Waals surface area contributed by atoms with Crippen molar-refractivity contribution in [3.05, 3.63) is 82.4 Å². The van der Waals surface area contributed by atoms with Gasteiger partial charge >= 0.3 is 0 Å². The number of methoxy groups -OCH3 is 1. The lowest BCUT2D eigenvalue weighted by Gasteiger charge is -2.00. The van der Waals surface area contributed by atoms with Crippen LogP contribution in [0.5, 0.6) is 5.75 Å². The van der Waals surface area contributed by atoms with Crippen LogP contribution in [-0.2, 0) is 6.42 Å². The van der Waals surface area contributed by atoms with E-state index < -0.39 is 0 Å². The van der Waals surface area contributed by atoms with Crippen LogP contribution in [0.25, 0.3) is 6.08 Å². The normalized spacial score (nSPS) is 11.8. The molecule has 0 aromatic heterocycles. The second-order valence-electron chi connectivity index (χ2n) is 4.39. The van der Waals surface area contributed by atoms with E-state index in [2.05, 4.69) is 58.4 Å². The van der Waals surface area contributed by atoms with Crippen LogP contribution < -0.4 is 4.74 Å². The van der Waals surface area contributed by atoms with Gasteiger partial charge in [0.2, 0.25) is 0 Å². The molecule has 0 aliphatic heterocycles. The standard InChI is InChI=1S/C18H17BrO/c1-20-18-12-10-15(11-13-18)8-5-9-17(19)14-16-6-3-2-4-7-16/h2-7,9-14H,8H2,1H3/b9-5+,17-14+. The minimum absolute atomic E-state index is 0.892. The number of hydrogen-bond acceptors (Lipinski definition) is 1. The Balaban J connectivity index is 1.94. The molecule has 0 saturated carbocycles. The minimum Gasteiger partial charge on any atom is -0.497 e. The smallest absolute Gasteiger partial charge is 0.118 e. The van der Waals surface area contributed by atoms with Crippen molar-refractivity contribution < 1.29 is 4.74 Å². The molecular formula is C18H17BrO. The van der Waals surface area contributed by atoms with E-state index in [4.69, 9.17) is 4.74 Å². The summed E-state index contributed by atoms with van der Waals surface area (Å²) >= 11 is 3.57. The fourth-order valence-electron chi connectivity index (χ4n) is 1.83.